The zero-order valence-corrected chi connectivity index (χ0v) is 41.8. The van der Waals surface area contributed by atoms with Crippen molar-refractivity contribution in [3.63, 3.8) is 0 Å². The van der Waals surface area contributed by atoms with Crippen molar-refractivity contribution < 1.29 is 47.9 Å². The largest absolute Gasteiger partial charge is 1.00 e. The molecule has 0 saturated heterocycles. The van der Waals surface area contributed by atoms with Crippen LogP contribution in [-0.2, 0) is 0 Å². The molecule has 6 aromatic rings. The third kappa shape index (κ3) is 22.3. The molecular formula is C50H68B2Ge2Li2O2. The normalized spacial score (nSPS) is 9.62. The maximum absolute atomic E-state index is 7.00. The minimum atomic E-state index is -0.403. The summed E-state index contributed by atoms with van der Waals surface area (Å²) in [4.78, 5) is 0. The Balaban J connectivity index is 0. The maximum Gasteiger partial charge on any atom is 1.00 e. The predicted octanol–water partition coefficient (Wildman–Crippen LogP) is 2.71. The molecule has 2 nitrogen and oxygen atoms in total. The Morgan fingerprint density at radius 2 is 0.397 bits per heavy atom. The summed E-state index contributed by atoms with van der Waals surface area (Å²) >= 11 is -0.806. The van der Waals surface area contributed by atoms with Crippen molar-refractivity contribution in [2.24, 2.45) is 0 Å². The van der Waals surface area contributed by atoms with Gasteiger partial charge in [0.15, 0.2) is 0 Å². The molecule has 6 rings (SSSR count). The van der Waals surface area contributed by atoms with Crippen molar-refractivity contribution in [3.05, 3.63) is 182 Å². The number of rotatable bonds is 12. The Hall–Kier alpha value is -2.35. The maximum atomic E-state index is 7.00. The van der Waals surface area contributed by atoms with E-state index in [1.54, 1.807) is 0 Å². The zero-order valence-electron chi connectivity index (χ0n) is 37.6. The van der Waals surface area contributed by atoms with Crippen molar-refractivity contribution in [3.8, 4) is 0 Å². The second-order valence-corrected chi connectivity index (χ2v) is 28.1. The van der Waals surface area contributed by atoms with Crippen LogP contribution < -0.4 is 70.5 Å². The summed E-state index contributed by atoms with van der Waals surface area (Å²) in [5.41, 5.74) is 8.00. The first-order chi connectivity index (χ1) is 27.6. The van der Waals surface area contributed by atoms with Gasteiger partial charge in [-0.25, -0.2) is 32.8 Å². The molecule has 8 heteroatoms. The molecule has 0 aromatic heterocycles. The van der Waals surface area contributed by atoms with Crippen molar-refractivity contribution in [2.45, 2.75) is 73.1 Å². The number of aliphatic hydroxyl groups is 2. The molecule has 0 aliphatic heterocycles. The van der Waals surface area contributed by atoms with Gasteiger partial charge in [-0.15, -0.1) is 0 Å². The molecule has 0 saturated carbocycles. The minimum Gasteiger partial charge on any atom is -0.233 e. The van der Waals surface area contributed by atoms with E-state index in [-0.39, 0.29) is 37.7 Å². The van der Waals surface area contributed by atoms with Crippen LogP contribution in [0, 0.1) is 0 Å². The molecule has 2 N–H and O–H groups in total. The third-order valence-corrected chi connectivity index (χ3v) is 22.4. The van der Waals surface area contributed by atoms with Crippen LogP contribution in [0.5, 0.6) is 0 Å². The molecule has 296 valence electrons. The van der Waals surface area contributed by atoms with Gasteiger partial charge in [0.2, 0.25) is 0 Å². The van der Waals surface area contributed by atoms with Crippen LogP contribution in [-0.4, -0.2) is 66.6 Å². The van der Waals surface area contributed by atoms with Crippen molar-refractivity contribution >= 4 is 74.9 Å². The van der Waals surface area contributed by atoms with E-state index in [4.69, 9.17) is 10.2 Å². The van der Waals surface area contributed by atoms with E-state index in [1.807, 2.05) is 0 Å². The number of benzene rings is 6. The first-order valence-electron chi connectivity index (χ1n) is 20.5. The van der Waals surface area contributed by atoms with Crippen molar-refractivity contribution in [1.29, 1.82) is 0 Å². The molecule has 0 aliphatic carbocycles. The van der Waals surface area contributed by atoms with Crippen molar-refractivity contribution in [1.82, 2.24) is 0 Å². The molecule has 0 atom stereocenters. The second kappa shape index (κ2) is 38.8. The quantitative estimate of drug-likeness (QED) is 0.186. The van der Waals surface area contributed by atoms with Gasteiger partial charge in [0, 0.05) is 14.2 Å². The predicted molar refractivity (Wildman–Crippen MR) is 259 cm³/mol. The monoisotopic (exact) mass is 884 g/mol. The molecule has 0 heterocycles. The van der Waals surface area contributed by atoms with Crippen LogP contribution in [0.3, 0.4) is 0 Å². The average Bonchev–Trinajstić information content (AvgIpc) is 3.29. The first-order valence-corrected chi connectivity index (χ1v) is 29.4. The van der Waals surface area contributed by atoms with E-state index >= 15 is 0 Å². The third-order valence-electron chi connectivity index (χ3n) is 9.80. The van der Waals surface area contributed by atoms with Crippen LogP contribution in [0.25, 0.3) is 0 Å². The van der Waals surface area contributed by atoms with Crippen LogP contribution in [0.15, 0.2) is 182 Å². The molecule has 6 aromatic carbocycles. The van der Waals surface area contributed by atoms with Crippen LogP contribution in [0.2, 0.25) is 31.5 Å². The van der Waals surface area contributed by atoms with Gasteiger partial charge in [0.25, 0.3) is 0 Å². The van der Waals surface area contributed by atoms with E-state index in [9.17, 15) is 0 Å². The zero-order chi connectivity index (χ0) is 41.2. The van der Waals surface area contributed by atoms with Gasteiger partial charge in [-0.1, -0.05) is 182 Å². The molecule has 0 unspecified atom stereocenters. The van der Waals surface area contributed by atoms with Crippen molar-refractivity contribution in [2.75, 3.05) is 14.2 Å². The molecule has 0 aliphatic rings. The number of hydrogen-bond acceptors (Lipinski definition) is 2. The van der Waals surface area contributed by atoms with Crippen LogP contribution in [0.4, 0.5) is 0 Å². The van der Waals surface area contributed by atoms with Gasteiger partial charge < -0.3 is 10.2 Å². The Kier molecular flexibility index (Phi) is 38.7. The van der Waals surface area contributed by atoms with Gasteiger partial charge in [-0.2, -0.15) is 0 Å². The van der Waals surface area contributed by atoms with Crippen LogP contribution in [0.1, 0.15) is 41.5 Å². The second-order valence-electron chi connectivity index (χ2n) is 13.0. The fraction of sp³-hybridized carbons (Fsp3) is 0.280. The first kappa shape index (κ1) is 57.7. The summed E-state index contributed by atoms with van der Waals surface area (Å²) in [5, 5.41) is 23.1. The van der Waals surface area contributed by atoms with Gasteiger partial charge in [0.1, 0.15) is 0 Å². The molecular weight excluding hydrogens is 813 g/mol. The Morgan fingerprint density at radius 1 is 0.276 bits per heavy atom. The summed E-state index contributed by atoms with van der Waals surface area (Å²) in [6.45, 7) is 14.6. The van der Waals surface area contributed by atoms with E-state index < -0.39 is 28.7 Å². The van der Waals surface area contributed by atoms with E-state index in [0.29, 0.717) is 13.4 Å². The molecule has 4 radical (unpaired) electrons. The summed E-state index contributed by atoms with van der Waals surface area (Å²) in [5.74, 6) is 0. The summed E-state index contributed by atoms with van der Waals surface area (Å²) in [6, 6.07) is 64.0. The SMILES string of the molecule is CO.CO.C[CH2][Ge]([CH2]C)[CH2]C.C[CH2][Ge]([CH2]C)[CH2]C.[Li+].[Li+].c1ccc([B-](c2ccccc2)c2ccccc2)cc1.c1ccc([B-](c2ccccc2)c2ccccc2)cc1. The fourth-order valence-electron chi connectivity index (χ4n) is 6.53. The van der Waals surface area contributed by atoms with E-state index in [2.05, 4.69) is 224 Å². The topological polar surface area (TPSA) is 40.5 Å². The molecule has 0 amide bonds. The summed E-state index contributed by atoms with van der Waals surface area (Å²) in [6.07, 6.45) is 0. The van der Waals surface area contributed by atoms with Gasteiger partial charge in [-0.3, -0.25) is 0 Å². The van der Waals surface area contributed by atoms with Gasteiger partial charge >= 0.3 is 139 Å². The number of hydrogen-bond donors (Lipinski definition) is 2. The fourth-order valence-corrected chi connectivity index (χ4v) is 12.8. The Morgan fingerprint density at radius 3 is 0.483 bits per heavy atom. The molecule has 0 fully saturated rings. The molecule has 0 bridgehead atoms. The standard InChI is InChI=1S/2C18H15B.2C6H15Ge.2CH4O.2Li/c2*1-4-10-16(11-5-1)19(17-12-6-2-7-13-17)18-14-8-3-9-15-18;2*1-4-7(5-2)6-3;2*1-2;;/h2*1-15H;2*4-6H2,1-3H3;2*2H,1H3;;/q2*-1;;;;;2*+1. The smallest absolute Gasteiger partial charge is 0.233 e. The Bertz CT molecular complexity index is 1370. The number of aliphatic hydroxyl groups excluding tert-OH is 2. The van der Waals surface area contributed by atoms with Crippen LogP contribution >= 0.6 is 0 Å². The van der Waals surface area contributed by atoms with Gasteiger partial charge in [-0.05, 0) is 13.4 Å². The Labute approximate surface area is 388 Å². The van der Waals surface area contributed by atoms with Gasteiger partial charge in [0.05, 0.1) is 0 Å². The molecule has 58 heavy (non-hydrogen) atoms. The summed E-state index contributed by atoms with van der Waals surface area (Å²) < 4.78 is 0. The van der Waals surface area contributed by atoms with E-state index in [1.165, 1.54) is 64.3 Å². The minimum absolute atomic E-state index is 0. The summed E-state index contributed by atoms with van der Waals surface area (Å²) in [7, 11) is 2.00. The average molecular weight is 882 g/mol. The van der Waals surface area contributed by atoms with E-state index in [0.717, 1.165) is 14.2 Å². The molecule has 0 spiro atoms.